The van der Waals surface area contributed by atoms with Crippen molar-refractivity contribution in [3.05, 3.63) is 15.6 Å². The molecule has 1 N–H and O–H groups in total. The van der Waals surface area contributed by atoms with Gasteiger partial charge in [0, 0.05) is 10.8 Å². The first-order valence-electron chi connectivity index (χ1n) is 4.87. The van der Waals surface area contributed by atoms with Crippen molar-refractivity contribution in [2.75, 3.05) is 0 Å². The molecule has 0 spiro atoms. The summed E-state index contributed by atoms with van der Waals surface area (Å²) in [5.74, 6) is 0.500. The van der Waals surface area contributed by atoms with Gasteiger partial charge in [-0.3, -0.25) is 4.79 Å². The van der Waals surface area contributed by atoms with Crippen LogP contribution in [0, 0.1) is 19.8 Å². The topological polar surface area (TPSA) is 42.0 Å². The molecule has 0 bridgehead atoms. The fourth-order valence-electron chi connectivity index (χ4n) is 1.39. The predicted molar refractivity (Wildman–Crippen MR) is 56.2 cm³/mol. The third-order valence-electron chi connectivity index (χ3n) is 2.37. The molecule has 0 aliphatic heterocycles. The summed E-state index contributed by atoms with van der Waals surface area (Å²) in [6, 6.07) is 0. The number of carbonyl (C=O) groups excluding carboxylic acids is 1. The SMILES string of the molecule is Cc1nc(C)c(CNC(=O)C2CC2)s1. The standard InChI is InChI=1S/C10H14N2OS/c1-6-9(14-7(2)12-6)5-11-10(13)8-3-4-8/h8H,3-5H2,1-2H3,(H,11,13). The number of thiazole rings is 1. The van der Waals surface area contributed by atoms with Gasteiger partial charge in [-0.25, -0.2) is 4.98 Å². The van der Waals surface area contributed by atoms with Crippen LogP contribution in [0.3, 0.4) is 0 Å². The summed E-state index contributed by atoms with van der Waals surface area (Å²) < 4.78 is 0. The quantitative estimate of drug-likeness (QED) is 0.826. The molecule has 1 aliphatic rings. The number of hydrogen-bond acceptors (Lipinski definition) is 3. The van der Waals surface area contributed by atoms with Crippen LogP contribution in [0.1, 0.15) is 28.4 Å². The van der Waals surface area contributed by atoms with Crippen LogP contribution in [0.25, 0.3) is 0 Å². The minimum absolute atomic E-state index is 0.204. The molecule has 1 fully saturated rings. The fourth-order valence-corrected chi connectivity index (χ4v) is 2.27. The monoisotopic (exact) mass is 210 g/mol. The van der Waals surface area contributed by atoms with Crippen LogP contribution in [-0.2, 0) is 11.3 Å². The predicted octanol–water partition coefficient (Wildman–Crippen LogP) is 1.79. The molecule has 1 aromatic rings. The summed E-state index contributed by atoms with van der Waals surface area (Å²) in [7, 11) is 0. The second-order valence-electron chi connectivity index (χ2n) is 3.73. The van der Waals surface area contributed by atoms with Crippen LogP contribution in [-0.4, -0.2) is 10.9 Å². The van der Waals surface area contributed by atoms with Crippen LogP contribution >= 0.6 is 11.3 Å². The van der Waals surface area contributed by atoms with Crippen molar-refractivity contribution in [2.24, 2.45) is 5.92 Å². The highest BCUT2D eigenvalue weighted by molar-refractivity contribution is 7.11. The van der Waals surface area contributed by atoms with E-state index in [2.05, 4.69) is 10.3 Å². The van der Waals surface area contributed by atoms with Crippen molar-refractivity contribution in [3.8, 4) is 0 Å². The molecule has 1 aromatic heterocycles. The van der Waals surface area contributed by atoms with E-state index in [1.807, 2.05) is 13.8 Å². The van der Waals surface area contributed by atoms with Gasteiger partial charge in [-0.05, 0) is 26.7 Å². The summed E-state index contributed by atoms with van der Waals surface area (Å²) in [6.45, 7) is 4.62. The number of aryl methyl sites for hydroxylation is 2. The molecule has 0 unspecified atom stereocenters. The molecule has 1 amide bonds. The van der Waals surface area contributed by atoms with Crippen LogP contribution in [0.2, 0.25) is 0 Å². The minimum atomic E-state index is 0.204. The Labute approximate surface area is 87.6 Å². The van der Waals surface area contributed by atoms with Gasteiger partial charge < -0.3 is 5.32 Å². The molecule has 3 nitrogen and oxygen atoms in total. The van der Waals surface area contributed by atoms with E-state index < -0.39 is 0 Å². The van der Waals surface area contributed by atoms with Gasteiger partial charge in [0.15, 0.2) is 0 Å². The summed E-state index contributed by atoms with van der Waals surface area (Å²) in [5, 5.41) is 4.01. The number of hydrogen-bond donors (Lipinski definition) is 1. The molecule has 2 rings (SSSR count). The number of rotatable bonds is 3. The molecular weight excluding hydrogens is 196 g/mol. The second-order valence-corrected chi connectivity index (χ2v) is 5.02. The molecule has 1 heterocycles. The molecular formula is C10H14N2OS. The Hall–Kier alpha value is -0.900. The number of nitrogens with one attached hydrogen (secondary N) is 1. The molecule has 0 saturated heterocycles. The van der Waals surface area contributed by atoms with E-state index in [1.54, 1.807) is 11.3 Å². The highest BCUT2D eigenvalue weighted by atomic mass is 32.1. The van der Waals surface area contributed by atoms with Crippen LogP contribution in [0.5, 0.6) is 0 Å². The largest absolute Gasteiger partial charge is 0.351 e. The van der Waals surface area contributed by atoms with Gasteiger partial charge in [0.2, 0.25) is 5.91 Å². The molecule has 76 valence electrons. The normalized spacial score (nSPS) is 15.6. The van der Waals surface area contributed by atoms with Gasteiger partial charge in [0.25, 0.3) is 0 Å². The molecule has 1 aliphatic carbocycles. The Bertz CT molecular complexity index is 355. The first-order valence-corrected chi connectivity index (χ1v) is 5.69. The molecule has 0 aromatic carbocycles. The molecule has 1 saturated carbocycles. The first-order chi connectivity index (χ1) is 6.66. The van der Waals surface area contributed by atoms with Crippen molar-refractivity contribution in [3.63, 3.8) is 0 Å². The molecule has 0 radical (unpaired) electrons. The molecule has 14 heavy (non-hydrogen) atoms. The highest BCUT2D eigenvalue weighted by Crippen LogP contribution is 2.29. The lowest BCUT2D eigenvalue weighted by Crippen LogP contribution is -2.23. The third-order valence-corrected chi connectivity index (χ3v) is 3.44. The summed E-state index contributed by atoms with van der Waals surface area (Å²) in [5.41, 5.74) is 1.04. The van der Waals surface area contributed by atoms with Crippen LogP contribution in [0.4, 0.5) is 0 Å². The van der Waals surface area contributed by atoms with Gasteiger partial charge in [0.05, 0.1) is 17.2 Å². The van der Waals surface area contributed by atoms with Gasteiger partial charge in [0.1, 0.15) is 0 Å². The Morgan fingerprint density at radius 2 is 2.29 bits per heavy atom. The lowest BCUT2D eigenvalue weighted by molar-refractivity contribution is -0.122. The van der Waals surface area contributed by atoms with Gasteiger partial charge in [-0.15, -0.1) is 11.3 Å². The van der Waals surface area contributed by atoms with Crippen LogP contribution < -0.4 is 5.32 Å². The van der Waals surface area contributed by atoms with E-state index in [1.165, 1.54) is 4.88 Å². The number of nitrogens with zero attached hydrogens (tertiary/aromatic N) is 1. The zero-order valence-electron chi connectivity index (χ0n) is 8.46. The zero-order chi connectivity index (χ0) is 10.1. The van der Waals surface area contributed by atoms with E-state index in [0.717, 1.165) is 23.5 Å². The smallest absolute Gasteiger partial charge is 0.223 e. The van der Waals surface area contributed by atoms with Gasteiger partial charge >= 0.3 is 0 Å². The molecule has 0 atom stereocenters. The van der Waals surface area contributed by atoms with Crippen molar-refractivity contribution in [2.45, 2.75) is 33.2 Å². The van der Waals surface area contributed by atoms with Crippen molar-refractivity contribution in [1.82, 2.24) is 10.3 Å². The van der Waals surface area contributed by atoms with E-state index in [4.69, 9.17) is 0 Å². The van der Waals surface area contributed by atoms with E-state index >= 15 is 0 Å². The maximum absolute atomic E-state index is 11.4. The average molecular weight is 210 g/mol. The van der Waals surface area contributed by atoms with Crippen molar-refractivity contribution < 1.29 is 4.79 Å². The van der Waals surface area contributed by atoms with E-state index in [-0.39, 0.29) is 5.91 Å². The average Bonchev–Trinajstić information content (AvgIpc) is 2.90. The Morgan fingerprint density at radius 3 is 2.79 bits per heavy atom. The van der Waals surface area contributed by atoms with Crippen molar-refractivity contribution in [1.29, 1.82) is 0 Å². The highest BCUT2D eigenvalue weighted by Gasteiger charge is 2.29. The first kappa shape index (κ1) is 9.65. The maximum Gasteiger partial charge on any atom is 0.223 e. The number of aromatic nitrogens is 1. The summed E-state index contributed by atoms with van der Waals surface area (Å²) in [4.78, 5) is 16.9. The Kier molecular flexibility index (Phi) is 2.54. The summed E-state index contributed by atoms with van der Waals surface area (Å²) in [6.07, 6.45) is 2.12. The molecule has 4 heteroatoms. The van der Waals surface area contributed by atoms with Crippen LogP contribution in [0.15, 0.2) is 0 Å². The van der Waals surface area contributed by atoms with E-state index in [0.29, 0.717) is 12.5 Å². The Balaban J connectivity index is 1.90. The minimum Gasteiger partial charge on any atom is -0.351 e. The van der Waals surface area contributed by atoms with Crippen molar-refractivity contribution >= 4 is 17.2 Å². The fraction of sp³-hybridized carbons (Fsp3) is 0.600. The number of amides is 1. The van der Waals surface area contributed by atoms with Gasteiger partial charge in [-0.2, -0.15) is 0 Å². The lowest BCUT2D eigenvalue weighted by Gasteiger charge is -2.01. The van der Waals surface area contributed by atoms with Gasteiger partial charge in [-0.1, -0.05) is 0 Å². The second kappa shape index (κ2) is 3.69. The Morgan fingerprint density at radius 1 is 1.57 bits per heavy atom. The third kappa shape index (κ3) is 2.12. The zero-order valence-corrected chi connectivity index (χ0v) is 9.28. The maximum atomic E-state index is 11.4. The lowest BCUT2D eigenvalue weighted by atomic mass is 10.3. The number of carbonyl (C=O) groups is 1. The summed E-state index contributed by atoms with van der Waals surface area (Å²) >= 11 is 1.66. The van der Waals surface area contributed by atoms with E-state index in [9.17, 15) is 4.79 Å².